The normalized spacial score (nSPS) is 12.4. The number of nitrogens with one attached hydrogen (secondary N) is 1. The van der Waals surface area contributed by atoms with Crippen LogP contribution in [0, 0.1) is 13.8 Å². The number of carbonyl (C=O) groups excluding carboxylic acids is 1. The predicted octanol–water partition coefficient (Wildman–Crippen LogP) is 3.08. The lowest BCUT2D eigenvalue weighted by Crippen LogP contribution is -2.26. The number of imidazole rings is 1. The van der Waals surface area contributed by atoms with Crippen molar-refractivity contribution in [1.29, 1.82) is 0 Å². The molecule has 4 rings (SSSR count). The Morgan fingerprint density at radius 1 is 1.23 bits per heavy atom. The lowest BCUT2D eigenvalue weighted by molar-refractivity contribution is 0.0939. The largest absolute Gasteiger partial charge is 0.344 e. The molecule has 8 heteroatoms. The van der Waals surface area contributed by atoms with E-state index in [1.807, 2.05) is 49.8 Å². The van der Waals surface area contributed by atoms with E-state index in [-0.39, 0.29) is 11.9 Å². The van der Waals surface area contributed by atoms with Gasteiger partial charge in [0.05, 0.1) is 29.3 Å². The quantitative estimate of drug-likeness (QED) is 0.602. The SMILES string of the molecule is Cc1cc(C)n(-c2ccc(C(=O)NC(C)c3cn4ncsc4n3)cc2)n1. The average Bonchev–Trinajstić information content (AvgIpc) is 3.29. The zero-order valence-corrected chi connectivity index (χ0v) is 15.5. The number of hydrogen-bond donors (Lipinski definition) is 1. The van der Waals surface area contributed by atoms with Crippen molar-refractivity contribution in [2.24, 2.45) is 0 Å². The Balaban J connectivity index is 1.49. The molecular formula is C18H18N6OS. The number of aromatic nitrogens is 5. The summed E-state index contributed by atoms with van der Waals surface area (Å²) in [7, 11) is 0. The maximum atomic E-state index is 12.5. The summed E-state index contributed by atoms with van der Waals surface area (Å²) in [6.45, 7) is 5.88. The smallest absolute Gasteiger partial charge is 0.251 e. The van der Waals surface area contributed by atoms with Crippen molar-refractivity contribution >= 4 is 22.2 Å². The molecule has 0 aliphatic rings. The minimum absolute atomic E-state index is 0.137. The molecule has 1 aromatic carbocycles. The fraction of sp³-hybridized carbons (Fsp3) is 0.222. The Morgan fingerprint density at radius 3 is 2.65 bits per heavy atom. The molecule has 1 atom stereocenters. The summed E-state index contributed by atoms with van der Waals surface area (Å²) in [5.41, 5.74) is 6.08. The van der Waals surface area contributed by atoms with E-state index in [1.165, 1.54) is 11.3 Å². The highest BCUT2D eigenvalue weighted by Gasteiger charge is 2.15. The summed E-state index contributed by atoms with van der Waals surface area (Å²) >= 11 is 1.46. The van der Waals surface area contributed by atoms with Crippen molar-refractivity contribution in [2.75, 3.05) is 0 Å². The van der Waals surface area contributed by atoms with Crippen molar-refractivity contribution in [1.82, 2.24) is 29.7 Å². The van der Waals surface area contributed by atoms with E-state index in [2.05, 4.69) is 20.5 Å². The van der Waals surface area contributed by atoms with E-state index in [0.717, 1.165) is 27.7 Å². The van der Waals surface area contributed by atoms with Crippen molar-refractivity contribution < 1.29 is 4.79 Å². The van der Waals surface area contributed by atoms with Crippen molar-refractivity contribution in [2.45, 2.75) is 26.8 Å². The molecule has 132 valence electrons. The van der Waals surface area contributed by atoms with Gasteiger partial charge in [-0.1, -0.05) is 11.3 Å². The van der Waals surface area contributed by atoms with Gasteiger partial charge in [0.15, 0.2) is 0 Å². The standard InChI is InChI=1S/C18H18N6OS/c1-11-8-12(2)24(22-11)15-6-4-14(5-7-15)17(25)20-13(3)16-9-23-18(21-16)26-10-19-23/h4-10,13H,1-3H3,(H,20,25). The summed E-state index contributed by atoms with van der Waals surface area (Å²) in [6, 6.07) is 9.23. The van der Waals surface area contributed by atoms with Crippen molar-refractivity contribution in [3.63, 3.8) is 0 Å². The van der Waals surface area contributed by atoms with Crippen LogP contribution in [0.2, 0.25) is 0 Å². The molecule has 1 unspecified atom stereocenters. The van der Waals surface area contributed by atoms with Gasteiger partial charge in [0.25, 0.3) is 5.91 Å². The molecule has 3 heterocycles. The first-order chi connectivity index (χ1) is 12.5. The highest BCUT2D eigenvalue weighted by atomic mass is 32.1. The zero-order valence-electron chi connectivity index (χ0n) is 14.7. The van der Waals surface area contributed by atoms with Gasteiger partial charge in [-0.25, -0.2) is 14.2 Å². The molecule has 0 fully saturated rings. The number of carbonyl (C=O) groups is 1. The zero-order chi connectivity index (χ0) is 18.3. The fourth-order valence-electron chi connectivity index (χ4n) is 2.86. The third kappa shape index (κ3) is 2.99. The van der Waals surface area contributed by atoms with Gasteiger partial charge in [-0.2, -0.15) is 10.2 Å². The number of rotatable bonds is 4. The monoisotopic (exact) mass is 366 g/mol. The van der Waals surface area contributed by atoms with E-state index in [9.17, 15) is 4.79 Å². The van der Waals surface area contributed by atoms with E-state index in [4.69, 9.17) is 0 Å². The molecule has 0 aliphatic carbocycles. The molecule has 0 radical (unpaired) electrons. The van der Waals surface area contributed by atoms with Crippen LogP contribution in [0.15, 0.2) is 42.0 Å². The molecule has 0 bridgehead atoms. The molecule has 0 saturated heterocycles. The lowest BCUT2D eigenvalue weighted by Gasteiger charge is -2.12. The Labute approximate surface area is 154 Å². The maximum absolute atomic E-state index is 12.5. The van der Waals surface area contributed by atoms with Crippen LogP contribution >= 0.6 is 11.3 Å². The average molecular weight is 366 g/mol. The Bertz CT molecular complexity index is 1050. The molecule has 0 spiro atoms. The summed E-state index contributed by atoms with van der Waals surface area (Å²) in [6.07, 6.45) is 1.84. The summed E-state index contributed by atoms with van der Waals surface area (Å²) in [4.78, 5) is 17.8. The van der Waals surface area contributed by atoms with Crippen LogP contribution in [0.25, 0.3) is 10.6 Å². The third-order valence-corrected chi connectivity index (χ3v) is 4.87. The second-order valence-corrected chi connectivity index (χ2v) is 7.02. The Hall–Kier alpha value is -3.00. The number of aryl methyl sites for hydroxylation is 2. The van der Waals surface area contributed by atoms with E-state index < -0.39 is 0 Å². The number of hydrogen-bond acceptors (Lipinski definition) is 5. The predicted molar refractivity (Wildman–Crippen MR) is 99.8 cm³/mol. The van der Waals surface area contributed by atoms with Gasteiger partial charge in [-0.05, 0) is 51.1 Å². The summed E-state index contributed by atoms with van der Waals surface area (Å²) < 4.78 is 3.58. The molecule has 26 heavy (non-hydrogen) atoms. The third-order valence-electron chi connectivity index (χ3n) is 4.18. The number of amides is 1. The van der Waals surface area contributed by atoms with Gasteiger partial charge in [-0.15, -0.1) is 0 Å². The molecule has 1 N–H and O–H groups in total. The van der Waals surface area contributed by atoms with Crippen LogP contribution in [0.4, 0.5) is 0 Å². The molecule has 0 aliphatic heterocycles. The second kappa shape index (κ2) is 6.38. The molecular weight excluding hydrogens is 348 g/mol. The highest BCUT2D eigenvalue weighted by Crippen LogP contribution is 2.17. The minimum atomic E-state index is -0.202. The second-order valence-electron chi connectivity index (χ2n) is 6.21. The highest BCUT2D eigenvalue weighted by molar-refractivity contribution is 7.14. The van der Waals surface area contributed by atoms with Crippen LogP contribution in [0.5, 0.6) is 0 Å². The van der Waals surface area contributed by atoms with E-state index in [1.54, 1.807) is 22.2 Å². The van der Waals surface area contributed by atoms with Gasteiger partial charge < -0.3 is 5.32 Å². The lowest BCUT2D eigenvalue weighted by atomic mass is 10.1. The van der Waals surface area contributed by atoms with Crippen LogP contribution in [0.3, 0.4) is 0 Å². The topological polar surface area (TPSA) is 77.1 Å². The van der Waals surface area contributed by atoms with Crippen molar-refractivity contribution in [3.05, 3.63) is 64.7 Å². The van der Waals surface area contributed by atoms with Crippen LogP contribution < -0.4 is 5.32 Å². The molecule has 4 aromatic rings. The Kier molecular flexibility index (Phi) is 4.04. The van der Waals surface area contributed by atoms with Crippen molar-refractivity contribution in [3.8, 4) is 5.69 Å². The molecule has 1 amide bonds. The maximum Gasteiger partial charge on any atom is 0.251 e. The first kappa shape index (κ1) is 16.5. The van der Waals surface area contributed by atoms with E-state index in [0.29, 0.717) is 5.56 Å². The summed E-state index contributed by atoms with van der Waals surface area (Å²) in [5, 5.41) is 11.6. The fourth-order valence-corrected chi connectivity index (χ4v) is 3.47. The molecule has 3 aromatic heterocycles. The van der Waals surface area contributed by atoms with Gasteiger partial charge in [0, 0.05) is 11.3 Å². The molecule has 7 nitrogen and oxygen atoms in total. The number of nitrogens with zero attached hydrogens (tertiary/aromatic N) is 5. The minimum Gasteiger partial charge on any atom is -0.344 e. The first-order valence-corrected chi connectivity index (χ1v) is 9.12. The molecule has 0 saturated carbocycles. The van der Waals surface area contributed by atoms with Crippen LogP contribution in [0.1, 0.15) is 40.4 Å². The first-order valence-electron chi connectivity index (χ1n) is 8.24. The van der Waals surface area contributed by atoms with Gasteiger partial charge in [-0.3, -0.25) is 4.79 Å². The number of benzene rings is 1. The van der Waals surface area contributed by atoms with Gasteiger partial charge in [0.1, 0.15) is 5.51 Å². The van der Waals surface area contributed by atoms with Gasteiger partial charge in [0.2, 0.25) is 4.96 Å². The summed E-state index contributed by atoms with van der Waals surface area (Å²) in [5.74, 6) is -0.137. The van der Waals surface area contributed by atoms with Gasteiger partial charge >= 0.3 is 0 Å². The van der Waals surface area contributed by atoms with E-state index >= 15 is 0 Å². The van der Waals surface area contributed by atoms with Crippen LogP contribution in [-0.2, 0) is 0 Å². The Morgan fingerprint density at radius 2 is 2.00 bits per heavy atom. The number of fused-ring (bicyclic) bond motifs is 1. The van der Waals surface area contributed by atoms with Crippen LogP contribution in [-0.4, -0.2) is 30.3 Å².